The van der Waals surface area contributed by atoms with Crippen LogP contribution >= 0.6 is 11.8 Å². The number of carbonyl (C=O) groups is 1. The van der Waals surface area contributed by atoms with E-state index in [-0.39, 0.29) is 11.4 Å². The van der Waals surface area contributed by atoms with Gasteiger partial charge in [-0.15, -0.1) is 10.2 Å². The maximum absolute atomic E-state index is 14.9. The highest BCUT2D eigenvalue weighted by Crippen LogP contribution is 2.46. The number of benzene rings is 2. The monoisotopic (exact) mass is 470 g/mol. The summed E-state index contributed by atoms with van der Waals surface area (Å²) in [7, 11) is 0. The highest BCUT2D eigenvalue weighted by molar-refractivity contribution is 7.99. The van der Waals surface area contributed by atoms with Crippen LogP contribution in [-0.2, 0) is 4.79 Å². The second kappa shape index (κ2) is 9.05. The number of nitrogens with zero attached hydrogens (tertiary/aromatic N) is 4. The first kappa shape index (κ1) is 23.1. The van der Waals surface area contributed by atoms with Gasteiger partial charge in [0.25, 0.3) is 0 Å². The molecule has 1 aliphatic rings. The number of amides is 1. The van der Waals surface area contributed by atoms with Crippen LogP contribution in [0.25, 0.3) is 11.3 Å². The molecule has 0 saturated carbocycles. The average Bonchev–Trinajstić information content (AvgIpc) is 2.88. The molecular formula is C24H24F2N4O2S. The normalized spacial score (nSPS) is 15.0. The number of hydrogen-bond acceptors (Lipinski definition) is 6. The second-order valence-corrected chi connectivity index (χ2v) is 9.44. The van der Waals surface area contributed by atoms with Crippen molar-refractivity contribution in [3.8, 4) is 17.1 Å². The summed E-state index contributed by atoms with van der Waals surface area (Å²) in [4.78, 5) is 18.8. The van der Waals surface area contributed by atoms with Gasteiger partial charge in [0.1, 0.15) is 11.6 Å². The summed E-state index contributed by atoms with van der Waals surface area (Å²) in [6, 6.07) is 6.85. The van der Waals surface area contributed by atoms with Crippen LogP contribution < -0.4 is 9.64 Å². The van der Waals surface area contributed by atoms with Crippen molar-refractivity contribution in [2.75, 3.05) is 10.7 Å². The molecule has 1 amide bonds. The Balaban J connectivity index is 1.98. The topological polar surface area (TPSA) is 68.2 Å². The molecule has 0 bridgehead atoms. The lowest BCUT2D eigenvalue weighted by molar-refractivity contribution is -0.118. The Morgan fingerprint density at radius 3 is 2.64 bits per heavy atom. The van der Waals surface area contributed by atoms with Gasteiger partial charge < -0.3 is 4.74 Å². The van der Waals surface area contributed by atoms with Gasteiger partial charge in [-0.1, -0.05) is 37.2 Å². The lowest BCUT2D eigenvalue weighted by Gasteiger charge is -2.31. The van der Waals surface area contributed by atoms with Crippen LogP contribution in [-0.4, -0.2) is 26.8 Å². The number of halogens is 2. The lowest BCUT2D eigenvalue weighted by Crippen LogP contribution is -2.37. The molecule has 0 fully saturated rings. The maximum atomic E-state index is 14.9. The fourth-order valence-electron chi connectivity index (χ4n) is 3.82. The summed E-state index contributed by atoms with van der Waals surface area (Å²) in [5, 5.41) is 9.03. The zero-order valence-corrected chi connectivity index (χ0v) is 19.8. The van der Waals surface area contributed by atoms with E-state index in [1.165, 1.54) is 23.6 Å². The summed E-state index contributed by atoms with van der Waals surface area (Å²) in [6.07, 6.45) is -1.28. The summed E-state index contributed by atoms with van der Waals surface area (Å²) in [5.74, 6) is -0.438. The molecule has 9 heteroatoms. The molecule has 0 saturated heterocycles. The van der Waals surface area contributed by atoms with Crippen molar-refractivity contribution in [2.24, 2.45) is 5.92 Å². The van der Waals surface area contributed by atoms with Crippen molar-refractivity contribution in [3.05, 3.63) is 58.7 Å². The Labute approximate surface area is 195 Å². The van der Waals surface area contributed by atoms with E-state index < -0.39 is 23.8 Å². The lowest BCUT2D eigenvalue weighted by atomic mass is 10.00. The molecule has 0 N–H and O–H groups in total. The minimum Gasteiger partial charge on any atom is -0.447 e. The molecule has 0 aliphatic carbocycles. The van der Waals surface area contributed by atoms with Crippen molar-refractivity contribution in [1.29, 1.82) is 0 Å². The van der Waals surface area contributed by atoms with Crippen LogP contribution in [0.1, 0.15) is 43.7 Å². The van der Waals surface area contributed by atoms with Gasteiger partial charge in [-0.25, -0.2) is 8.78 Å². The zero-order valence-electron chi connectivity index (χ0n) is 19.0. The predicted molar refractivity (Wildman–Crippen MR) is 123 cm³/mol. The average molecular weight is 471 g/mol. The molecule has 1 aliphatic heterocycles. The Bertz CT molecular complexity index is 1240. The van der Waals surface area contributed by atoms with Crippen molar-refractivity contribution in [3.63, 3.8) is 0 Å². The fraction of sp³-hybridized carbons (Fsp3) is 0.333. The van der Waals surface area contributed by atoms with Crippen LogP contribution in [0.5, 0.6) is 5.88 Å². The van der Waals surface area contributed by atoms with Gasteiger partial charge in [-0.2, -0.15) is 4.98 Å². The third-order valence-electron chi connectivity index (χ3n) is 5.14. The highest BCUT2D eigenvalue weighted by atomic mass is 32.2. The molecule has 0 unspecified atom stereocenters. The quantitative estimate of drug-likeness (QED) is 0.461. The van der Waals surface area contributed by atoms with Crippen LogP contribution in [0.15, 0.2) is 35.5 Å². The van der Waals surface area contributed by atoms with Crippen molar-refractivity contribution >= 4 is 23.4 Å². The first-order valence-corrected chi connectivity index (χ1v) is 11.5. The molecule has 0 radical (unpaired) electrons. The molecule has 2 heterocycles. The smallest absolute Gasteiger partial charge is 0.247 e. The largest absolute Gasteiger partial charge is 0.447 e. The SMILES string of the molecule is CC(=O)N1c2c(C)cc(C)cc2-c2nnc(SCC(C)C)nc2O[C@H]1c1cc(F)ccc1F. The number of ether oxygens (including phenoxy) is 1. The van der Waals surface area contributed by atoms with Crippen LogP contribution in [0.3, 0.4) is 0 Å². The molecule has 33 heavy (non-hydrogen) atoms. The molecule has 172 valence electrons. The van der Waals surface area contributed by atoms with Gasteiger partial charge >= 0.3 is 0 Å². The molecule has 3 aromatic rings. The minimum atomic E-state index is -1.28. The number of carbonyl (C=O) groups excluding carboxylic acids is 1. The van der Waals surface area contributed by atoms with E-state index in [0.717, 1.165) is 35.1 Å². The van der Waals surface area contributed by atoms with Crippen molar-refractivity contribution < 1.29 is 18.3 Å². The van der Waals surface area contributed by atoms with Gasteiger partial charge in [0.2, 0.25) is 23.2 Å². The molecular weight excluding hydrogens is 446 g/mol. The number of fused-ring (bicyclic) bond motifs is 3. The first-order valence-electron chi connectivity index (χ1n) is 10.6. The summed E-state index contributed by atoms with van der Waals surface area (Å²) in [5.41, 5.74) is 3.03. The number of anilines is 1. The fourth-order valence-corrected chi connectivity index (χ4v) is 4.54. The molecule has 1 atom stereocenters. The highest BCUT2D eigenvalue weighted by Gasteiger charge is 2.37. The third-order valence-corrected chi connectivity index (χ3v) is 6.41. The third kappa shape index (κ3) is 4.55. The van der Waals surface area contributed by atoms with E-state index in [0.29, 0.717) is 28.0 Å². The van der Waals surface area contributed by atoms with E-state index in [4.69, 9.17) is 4.74 Å². The van der Waals surface area contributed by atoms with E-state index >= 15 is 0 Å². The van der Waals surface area contributed by atoms with Crippen LogP contribution in [0, 0.1) is 31.4 Å². The zero-order chi connectivity index (χ0) is 23.9. The molecule has 0 spiro atoms. The summed E-state index contributed by atoms with van der Waals surface area (Å²) in [6.45, 7) is 9.29. The molecule has 2 aromatic carbocycles. The van der Waals surface area contributed by atoms with Crippen LogP contribution in [0.4, 0.5) is 14.5 Å². The molecule has 1 aromatic heterocycles. The Kier molecular flexibility index (Phi) is 6.34. The summed E-state index contributed by atoms with van der Waals surface area (Å²) < 4.78 is 35.2. The van der Waals surface area contributed by atoms with Crippen molar-refractivity contribution in [1.82, 2.24) is 15.2 Å². The van der Waals surface area contributed by atoms with Gasteiger partial charge in [-0.05, 0) is 49.6 Å². The maximum Gasteiger partial charge on any atom is 0.247 e. The number of aromatic nitrogens is 3. The molecule has 6 nitrogen and oxygen atoms in total. The number of rotatable bonds is 4. The van der Waals surface area contributed by atoms with E-state index in [1.54, 1.807) is 0 Å². The number of hydrogen-bond donors (Lipinski definition) is 0. The van der Waals surface area contributed by atoms with Gasteiger partial charge in [-0.3, -0.25) is 9.69 Å². The number of aryl methyl sites for hydroxylation is 2. The van der Waals surface area contributed by atoms with Crippen LogP contribution in [0.2, 0.25) is 0 Å². The van der Waals surface area contributed by atoms with E-state index in [9.17, 15) is 13.6 Å². The first-order chi connectivity index (χ1) is 15.7. The minimum absolute atomic E-state index is 0.111. The second-order valence-electron chi connectivity index (χ2n) is 8.46. The van der Waals surface area contributed by atoms with Gasteiger partial charge in [0.15, 0.2) is 5.69 Å². The molecule has 4 rings (SSSR count). The van der Waals surface area contributed by atoms with E-state index in [1.807, 2.05) is 26.0 Å². The summed E-state index contributed by atoms with van der Waals surface area (Å²) >= 11 is 1.43. The number of thioether (sulfide) groups is 1. The Morgan fingerprint density at radius 2 is 1.94 bits per heavy atom. The van der Waals surface area contributed by atoms with Gasteiger partial charge in [0.05, 0.1) is 11.3 Å². The van der Waals surface area contributed by atoms with Crippen molar-refractivity contribution in [2.45, 2.75) is 46.0 Å². The van der Waals surface area contributed by atoms with E-state index in [2.05, 4.69) is 29.0 Å². The van der Waals surface area contributed by atoms with Gasteiger partial charge in [0, 0.05) is 18.2 Å². The standard InChI is InChI=1S/C24H24F2N4O2S/c1-12(2)11-33-24-27-22-20(28-29-24)18-9-13(3)8-14(4)21(18)30(15(5)31)23(32-22)17-10-16(25)6-7-19(17)26/h6-10,12,23H,11H2,1-5H3/t23-/m0/s1. The predicted octanol–water partition coefficient (Wildman–Crippen LogP) is 5.63. The Morgan fingerprint density at radius 1 is 1.18 bits per heavy atom. The Hall–Kier alpha value is -3.07.